The summed E-state index contributed by atoms with van der Waals surface area (Å²) in [5.41, 5.74) is 2.18. The molecule has 152 valence electrons. The second-order valence-electron chi connectivity index (χ2n) is 6.31. The van der Waals surface area contributed by atoms with Crippen molar-refractivity contribution in [3.8, 4) is 0 Å². The normalized spacial score (nSPS) is 10.2. The molecular formula is C21H21ClN2O5. The van der Waals surface area contributed by atoms with E-state index in [9.17, 15) is 19.2 Å². The first-order valence-corrected chi connectivity index (χ1v) is 9.25. The molecule has 0 fully saturated rings. The van der Waals surface area contributed by atoms with E-state index in [1.165, 1.54) is 6.92 Å². The van der Waals surface area contributed by atoms with Crippen LogP contribution in [0.4, 0.5) is 11.4 Å². The van der Waals surface area contributed by atoms with Gasteiger partial charge in [0.1, 0.15) is 0 Å². The molecule has 2 rings (SSSR count). The van der Waals surface area contributed by atoms with Gasteiger partial charge >= 0.3 is 5.97 Å². The van der Waals surface area contributed by atoms with Crippen molar-refractivity contribution in [2.75, 3.05) is 17.2 Å². The summed E-state index contributed by atoms with van der Waals surface area (Å²) in [6.45, 7) is 2.72. The van der Waals surface area contributed by atoms with E-state index in [2.05, 4.69) is 10.6 Å². The van der Waals surface area contributed by atoms with Gasteiger partial charge in [0.15, 0.2) is 12.4 Å². The molecule has 7 nitrogen and oxygen atoms in total. The minimum absolute atomic E-state index is 0.113. The minimum Gasteiger partial charge on any atom is -0.456 e. The van der Waals surface area contributed by atoms with Crippen molar-refractivity contribution < 1.29 is 23.9 Å². The second kappa shape index (κ2) is 10.4. The molecule has 0 unspecified atom stereocenters. The van der Waals surface area contributed by atoms with E-state index in [0.29, 0.717) is 27.5 Å². The highest BCUT2D eigenvalue weighted by Crippen LogP contribution is 2.22. The van der Waals surface area contributed by atoms with E-state index >= 15 is 0 Å². The predicted molar refractivity (Wildman–Crippen MR) is 110 cm³/mol. The number of amides is 2. The molecule has 0 aliphatic rings. The molecule has 0 heterocycles. The number of esters is 1. The van der Waals surface area contributed by atoms with Crippen molar-refractivity contribution in [2.45, 2.75) is 26.7 Å². The Kier molecular flexibility index (Phi) is 7.91. The maximum Gasteiger partial charge on any atom is 0.306 e. The highest BCUT2D eigenvalue weighted by atomic mass is 35.5. The number of carbonyl (C=O) groups excluding carboxylic acids is 4. The first kappa shape index (κ1) is 22.1. The third kappa shape index (κ3) is 7.04. The number of benzene rings is 2. The van der Waals surface area contributed by atoms with E-state index in [1.807, 2.05) is 0 Å². The van der Waals surface area contributed by atoms with Gasteiger partial charge in [-0.25, -0.2) is 0 Å². The number of hydrogen-bond acceptors (Lipinski definition) is 5. The molecule has 2 amide bonds. The number of carbonyl (C=O) groups is 4. The average Bonchev–Trinajstić information content (AvgIpc) is 2.68. The molecule has 0 aromatic heterocycles. The first-order valence-electron chi connectivity index (χ1n) is 8.87. The Hall–Kier alpha value is -3.19. The molecule has 8 heteroatoms. The summed E-state index contributed by atoms with van der Waals surface area (Å²) in [6, 6.07) is 11.6. The monoisotopic (exact) mass is 416 g/mol. The number of halogens is 1. The molecule has 0 saturated carbocycles. The Bertz CT molecular complexity index is 942. The van der Waals surface area contributed by atoms with Crippen molar-refractivity contribution in [3.05, 3.63) is 58.6 Å². The molecule has 2 N–H and O–H groups in total. The lowest BCUT2D eigenvalue weighted by molar-refractivity contribution is -0.147. The fraction of sp³-hybridized carbons (Fsp3) is 0.238. The van der Waals surface area contributed by atoms with E-state index in [0.717, 1.165) is 0 Å². The number of nitrogens with one attached hydrogen (secondary N) is 2. The smallest absolute Gasteiger partial charge is 0.306 e. The molecule has 0 saturated heterocycles. The van der Waals surface area contributed by atoms with E-state index < -0.39 is 24.4 Å². The maximum absolute atomic E-state index is 12.0. The van der Waals surface area contributed by atoms with Gasteiger partial charge in [0, 0.05) is 28.4 Å². The predicted octanol–water partition coefficient (Wildman–Crippen LogP) is 3.75. The van der Waals surface area contributed by atoms with Crippen molar-refractivity contribution in [3.63, 3.8) is 0 Å². The summed E-state index contributed by atoms with van der Waals surface area (Å²) in [5.74, 6) is -1.69. The molecular weight excluding hydrogens is 396 g/mol. The van der Waals surface area contributed by atoms with Crippen LogP contribution >= 0.6 is 11.6 Å². The van der Waals surface area contributed by atoms with Crippen LogP contribution in [-0.4, -0.2) is 30.2 Å². The summed E-state index contributed by atoms with van der Waals surface area (Å²) in [6.07, 6.45) is -0.292. The Morgan fingerprint density at radius 2 is 1.69 bits per heavy atom. The summed E-state index contributed by atoms with van der Waals surface area (Å²) >= 11 is 5.99. The lowest BCUT2D eigenvalue weighted by atomic mass is 10.1. The largest absolute Gasteiger partial charge is 0.456 e. The number of anilines is 2. The minimum atomic E-state index is -0.671. The standard InChI is InChI=1S/C21H21ClN2O5/c1-13-17(22)7-4-8-18(13)24-20(27)12-29-21(28)10-9-19(26)23-16-6-3-5-15(11-16)14(2)25/h3-8,11H,9-10,12H2,1-2H3,(H,23,26)(H,24,27). The fourth-order valence-electron chi connectivity index (χ4n) is 2.40. The Morgan fingerprint density at radius 1 is 0.966 bits per heavy atom. The van der Waals surface area contributed by atoms with E-state index in [1.54, 1.807) is 49.4 Å². The highest BCUT2D eigenvalue weighted by molar-refractivity contribution is 6.31. The van der Waals surface area contributed by atoms with Gasteiger partial charge in [-0.2, -0.15) is 0 Å². The van der Waals surface area contributed by atoms with Gasteiger partial charge in [0.2, 0.25) is 5.91 Å². The van der Waals surface area contributed by atoms with Gasteiger partial charge < -0.3 is 15.4 Å². The number of ketones is 1. The van der Waals surface area contributed by atoms with Gasteiger partial charge in [-0.3, -0.25) is 19.2 Å². The number of Topliss-reactive ketones (excluding diaryl/α,β-unsaturated/α-hetero) is 1. The number of ether oxygens (including phenoxy) is 1. The topological polar surface area (TPSA) is 102 Å². The highest BCUT2D eigenvalue weighted by Gasteiger charge is 2.12. The number of hydrogen-bond donors (Lipinski definition) is 2. The van der Waals surface area contributed by atoms with Crippen molar-refractivity contribution in [1.29, 1.82) is 0 Å². The van der Waals surface area contributed by atoms with E-state index in [-0.39, 0.29) is 18.6 Å². The van der Waals surface area contributed by atoms with Gasteiger partial charge in [0.25, 0.3) is 5.91 Å². The third-order valence-electron chi connectivity index (χ3n) is 4.02. The van der Waals surface area contributed by atoms with Crippen LogP contribution in [0.25, 0.3) is 0 Å². The molecule has 0 aliphatic heterocycles. The Balaban J connectivity index is 1.74. The summed E-state index contributed by atoms with van der Waals surface area (Å²) in [7, 11) is 0. The van der Waals surface area contributed by atoms with Gasteiger partial charge in [-0.1, -0.05) is 29.8 Å². The van der Waals surface area contributed by atoms with E-state index in [4.69, 9.17) is 16.3 Å². The van der Waals surface area contributed by atoms with Crippen molar-refractivity contribution >= 4 is 46.5 Å². The van der Waals surface area contributed by atoms with Gasteiger partial charge in [-0.05, 0) is 43.7 Å². The summed E-state index contributed by atoms with van der Waals surface area (Å²) < 4.78 is 4.89. The van der Waals surface area contributed by atoms with Crippen LogP contribution in [0.2, 0.25) is 5.02 Å². The first-order chi connectivity index (χ1) is 13.8. The van der Waals surface area contributed by atoms with Gasteiger partial charge in [0.05, 0.1) is 6.42 Å². The zero-order valence-corrected chi connectivity index (χ0v) is 16.8. The van der Waals surface area contributed by atoms with Crippen molar-refractivity contribution in [2.24, 2.45) is 0 Å². The van der Waals surface area contributed by atoms with Crippen LogP contribution in [0, 0.1) is 6.92 Å². The maximum atomic E-state index is 12.0. The third-order valence-corrected chi connectivity index (χ3v) is 4.42. The lowest BCUT2D eigenvalue weighted by Crippen LogP contribution is -2.22. The molecule has 0 bridgehead atoms. The molecule has 0 radical (unpaired) electrons. The van der Waals surface area contributed by atoms with Crippen molar-refractivity contribution in [1.82, 2.24) is 0 Å². The Morgan fingerprint density at radius 3 is 2.41 bits per heavy atom. The van der Waals surface area contributed by atoms with Crippen LogP contribution in [0.15, 0.2) is 42.5 Å². The zero-order valence-electron chi connectivity index (χ0n) is 16.1. The summed E-state index contributed by atoms with van der Waals surface area (Å²) in [5, 5.41) is 5.74. The molecule has 0 spiro atoms. The quantitative estimate of drug-likeness (QED) is 0.504. The van der Waals surface area contributed by atoms with Crippen LogP contribution in [0.3, 0.4) is 0 Å². The van der Waals surface area contributed by atoms with Crippen LogP contribution in [0.1, 0.15) is 35.7 Å². The fourth-order valence-corrected chi connectivity index (χ4v) is 2.58. The van der Waals surface area contributed by atoms with Crippen LogP contribution < -0.4 is 10.6 Å². The molecule has 2 aromatic carbocycles. The van der Waals surface area contributed by atoms with Crippen LogP contribution in [-0.2, 0) is 19.1 Å². The second-order valence-corrected chi connectivity index (χ2v) is 6.71. The molecule has 0 aliphatic carbocycles. The SMILES string of the molecule is CC(=O)c1cccc(NC(=O)CCC(=O)OCC(=O)Nc2cccc(Cl)c2C)c1. The molecule has 0 atom stereocenters. The lowest BCUT2D eigenvalue weighted by Gasteiger charge is -2.10. The molecule has 29 heavy (non-hydrogen) atoms. The van der Waals surface area contributed by atoms with Crippen LogP contribution in [0.5, 0.6) is 0 Å². The molecule has 2 aromatic rings. The zero-order chi connectivity index (χ0) is 21.4. The van der Waals surface area contributed by atoms with Gasteiger partial charge in [-0.15, -0.1) is 0 Å². The Labute approximate surface area is 173 Å². The summed E-state index contributed by atoms with van der Waals surface area (Å²) in [4.78, 5) is 47.0. The average molecular weight is 417 g/mol. The number of rotatable bonds is 8.